The molecule has 0 amide bonds. The van der Waals surface area contributed by atoms with E-state index in [1.165, 1.54) is 0 Å². The smallest absolute Gasteiger partial charge is 0.0950 e. The normalized spacial score (nSPS) is 15.2. The summed E-state index contributed by atoms with van der Waals surface area (Å²) in [6.45, 7) is 8.63. The maximum atomic E-state index is 6.46. The molecule has 102 valence electrons. The molecule has 0 bridgehead atoms. The van der Waals surface area contributed by atoms with Crippen molar-refractivity contribution in [2.24, 2.45) is 5.73 Å². The fourth-order valence-corrected chi connectivity index (χ4v) is 3.16. The highest BCUT2D eigenvalue weighted by Crippen LogP contribution is 2.28. The molecule has 0 saturated heterocycles. The van der Waals surface area contributed by atoms with Crippen molar-refractivity contribution in [1.82, 2.24) is 4.98 Å². The molecule has 1 aromatic heterocycles. The predicted octanol–water partition coefficient (Wildman–Crippen LogP) is 3.86. The Morgan fingerprint density at radius 3 is 2.26 bits per heavy atom. The first-order valence-electron chi connectivity index (χ1n) is 6.58. The van der Waals surface area contributed by atoms with Gasteiger partial charge in [-0.1, -0.05) is 51.1 Å². The molecule has 2 rings (SSSR count). The second-order valence-electron chi connectivity index (χ2n) is 6.34. The fraction of sp³-hybridized carbons (Fsp3) is 0.438. The van der Waals surface area contributed by atoms with Crippen LogP contribution in [-0.4, -0.2) is 4.98 Å². The van der Waals surface area contributed by atoms with Crippen molar-refractivity contribution in [3.05, 3.63) is 52.0 Å². The largest absolute Gasteiger partial charge is 0.321 e. The van der Waals surface area contributed by atoms with Crippen LogP contribution < -0.4 is 5.73 Å². The van der Waals surface area contributed by atoms with E-state index < -0.39 is 0 Å². The van der Waals surface area contributed by atoms with Gasteiger partial charge in [-0.3, -0.25) is 0 Å². The van der Waals surface area contributed by atoms with Crippen LogP contribution in [-0.2, 0) is 17.4 Å². The average Bonchev–Trinajstić information content (AvgIpc) is 2.78. The van der Waals surface area contributed by atoms with Gasteiger partial charge in [0.2, 0.25) is 0 Å². The Morgan fingerprint density at radius 1 is 1.11 bits per heavy atom. The quantitative estimate of drug-likeness (QED) is 0.923. The number of thiazole rings is 1. The minimum absolute atomic E-state index is 0.104. The van der Waals surface area contributed by atoms with Gasteiger partial charge in [-0.15, -0.1) is 11.3 Å². The number of aromatic nitrogens is 1. The van der Waals surface area contributed by atoms with E-state index in [0.29, 0.717) is 0 Å². The highest BCUT2D eigenvalue weighted by atomic mass is 32.1. The first kappa shape index (κ1) is 14.2. The Balaban J connectivity index is 2.19. The lowest BCUT2D eigenvalue weighted by Gasteiger charge is -2.24. The molecule has 1 atom stereocenters. The number of hydrogen-bond acceptors (Lipinski definition) is 3. The molecule has 0 aliphatic heterocycles. The van der Waals surface area contributed by atoms with Crippen molar-refractivity contribution in [3.8, 4) is 0 Å². The minimum Gasteiger partial charge on any atom is -0.321 e. The molecule has 2 N–H and O–H groups in total. The summed E-state index contributed by atoms with van der Waals surface area (Å²) in [5.41, 5.74) is 8.50. The Hall–Kier alpha value is -1.19. The van der Waals surface area contributed by atoms with E-state index in [1.807, 2.05) is 18.2 Å². The molecule has 0 fully saturated rings. The molecule has 0 aliphatic carbocycles. The third-order valence-electron chi connectivity index (χ3n) is 3.27. The maximum Gasteiger partial charge on any atom is 0.0950 e. The topological polar surface area (TPSA) is 38.9 Å². The molecule has 2 nitrogen and oxygen atoms in total. The zero-order valence-corrected chi connectivity index (χ0v) is 12.9. The van der Waals surface area contributed by atoms with Gasteiger partial charge in [0.1, 0.15) is 0 Å². The molecular weight excluding hydrogens is 252 g/mol. The average molecular weight is 274 g/mol. The second-order valence-corrected chi connectivity index (χ2v) is 7.28. The van der Waals surface area contributed by atoms with Crippen LogP contribution in [0.25, 0.3) is 0 Å². The van der Waals surface area contributed by atoms with Crippen LogP contribution in [0.15, 0.2) is 35.7 Å². The summed E-state index contributed by atoms with van der Waals surface area (Å²) < 4.78 is 0. The lowest BCUT2D eigenvalue weighted by atomic mass is 9.90. The number of rotatable bonds is 3. The Bertz CT molecular complexity index is 535. The van der Waals surface area contributed by atoms with Crippen LogP contribution in [0.2, 0.25) is 0 Å². The van der Waals surface area contributed by atoms with E-state index in [4.69, 9.17) is 10.7 Å². The van der Waals surface area contributed by atoms with E-state index in [-0.39, 0.29) is 11.0 Å². The van der Waals surface area contributed by atoms with E-state index >= 15 is 0 Å². The fourth-order valence-electron chi connectivity index (χ4n) is 1.97. The van der Waals surface area contributed by atoms with Crippen LogP contribution in [0.4, 0.5) is 0 Å². The summed E-state index contributed by atoms with van der Waals surface area (Å²) in [7, 11) is 0. The third-order valence-corrected chi connectivity index (χ3v) is 4.12. The summed E-state index contributed by atoms with van der Waals surface area (Å²) in [5.74, 6) is 0. The Kier molecular flexibility index (Phi) is 3.79. The van der Waals surface area contributed by atoms with Crippen molar-refractivity contribution in [2.45, 2.75) is 45.1 Å². The van der Waals surface area contributed by atoms with Gasteiger partial charge < -0.3 is 5.73 Å². The monoisotopic (exact) mass is 274 g/mol. The lowest BCUT2D eigenvalue weighted by Crippen LogP contribution is -2.35. The van der Waals surface area contributed by atoms with Gasteiger partial charge in [-0.25, -0.2) is 4.98 Å². The molecule has 3 heteroatoms. The van der Waals surface area contributed by atoms with Crippen molar-refractivity contribution >= 4 is 11.3 Å². The molecule has 0 spiro atoms. The van der Waals surface area contributed by atoms with Gasteiger partial charge in [0.05, 0.1) is 10.7 Å². The maximum absolute atomic E-state index is 6.46. The Morgan fingerprint density at radius 2 is 1.74 bits per heavy atom. The standard InChI is InChI=1S/C16H22N2S/c1-15(2,3)13-11-19-14(18-13)10-16(4,17)12-8-6-5-7-9-12/h5-9,11H,10,17H2,1-4H3. The molecule has 1 aromatic carbocycles. The number of nitrogens with zero attached hydrogens (tertiary/aromatic N) is 1. The summed E-state index contributed by atoms with van der Waals surface area (Å²) in [6, 6.07) is 10.2. The predicted molar refractivity (Wildman–Crippen MR) is 82.5 cm³/mol. The minimum atomic E-state index is -0.367. The zero-order valence-electron chi connectivity index (χ0n) is 12.1. The SMILES string of the molecule is CC(C)(C)c1csc(CC(C)(N)c2ccccc2)n1. The molecule has 0 aliphatic rings. The van der Waals surface area contributed by atoms with Crippen LogP contribution >= 0.6 is 11.3 Å². The third kappa shape index (κ3) is 3.43. The van der Waals surface area contributed by atoms with Crippen molar-refractivity contribution in [2.75, 3.05) is 0 Å². The second kappa shape index (κ2) is 5.06. The van der Waals surface area contributed by atoms with Gasteiger partial charge in [0.15, 0.2) is 0 Å². The molecule has 2 aromatic rings. The molecular formula is C16H22N2S. The molecule has 19 heavy (non-hydrogen) atoms. The number of nitrogens with two attached hydrogens (primary N) is 1. The lowest BCUT2D eigenvalue weighted by molar-refractivity contribution is 0.486. The molecule has 0 saturated carbocycles. The molecule has 1 unspecified atom stereocenters. The highest BCUT2D eigenvalue weighted by Gasteiger charge is 2.24. The number of hydrogen-bond donors (Lipinski definition) is 1. The Labute approximate surface area is 119 Å². The van der Waals surface area contributed by atoms with Crippen LogP contribution in [0, 0.1) is 0 Å². The highest BCUT2D eigenvalue weighted by molar-refractivity contribution is 7.09. The van der Waals surface area contributed by atoms with E-state index in [0.717, 1.165) is 22.7 Å². The van der Waals surface area contributed by atoms with E-state index in [9.17, 15) is 0 Å². The van der Waals surface area contributed by atoms with Crippen molar-refractivity contribution < 1.29 is 0 Å². The number of benzene rings is 1. The van der Waals surface area contributed by atoms with Gasteiger partial charge in [-0.2, -0.15) is 0 Å². The van der Waals surface area contributed by atoms with Gasteiger partial charge in [0, 0.05) is 22.8 Å². The van der Waals surface area contributed by atoms with Gasteiger partial charge >= 0.3 is 0 Å². The van der Waals surface area contributed by atoms with Gasteiger partial charge in [-0.05, 0) is 12.5 Å². The van der Waals surface area contributed by atoms with Crippen LogP contribution in [0.1, 0.15) is 44.0 Å². The molecule has 0 radical (unpaired) electrons. The molecule has 1 heterocycles. The van der Waals surface area contributed by atoms with Crippen LogP contribution in [0.5, 0.6) is 0 Å². The zero-order chi connectivity index (χ0) is 14.1. The van der Waals surface area contributed by atoms with E-state index in [1.54, 1.807) is 11.3 Å². The first-order valence-corrected chi connectivity index (χ1v) is 7.46. The van der Waals surface area contributed by atoms with E-state index in [2.05, 4.69) is 45.2 Å². The van der Waals surface area contributed by atoms with Crippen molar-refractivity contribution in [1.29, 1.82) is 0 Å². The summed E-state index contributed by atoms with van der Waals surface area (Å²) in [6.07, 6.45) is 0.776. The summed E-state index contributed by atoms with van der Waals surface area (Å²) in [4.78, 5) is 4.73. The van der Waals surface area contributed by atoms with Crippen LogP contribution in [0.3, 0.4) is 0 Å². The van der Waals surface area contributed by atoms with Crippen molar-refractivity contribution in [3.63, 3.8) is 0 Å². The summed E-state index contributed by atoms with van der Waals surface area (Å²) in [5, 5.41) is 3.26. The van der Waals surface area contributed by atoms with Gasteiger partial charge in [0.25, 0.3) is 0 Å². The summed E-state index contributed by atoms with van der Waals surface area (Å²) >= 11 is 1.71. The first-order chi connectivity index (χ1) is 8.79.